The predicted octanol–water partition coefficient (Wildman–Crippen LogP) is -0.482. The van der Waals surface area contributed by atoms with Crippen molar-refractivity contribution < 1.29 is 9.53 Å². The fraction of sp³-hybridized carbons (Fsp3) is 0.714. The summed E-state index contributed by atoms with van der Waals surface area (Å²) in [6.07, 6.45) is 3.57. The fourth-order valence-electron chi connectivity index (χ4n) is 2.56. The lowest BCUT2D eigenvalue weighted by molar-refractivity contribution is -0.123. The number of likely N-dealkylation sites (N-methyl/N-ethyl adjacent to an activating group) is 1. The summed E-state index contributed by atoms with van der Waals surface area (Å²) in [5.41, 5.74) is 0.872. The van der Waals surface area contributed by atoms with Gasteiger partial charge in [0.1, 0.15) is 6.04 Å². The molecule has 0 bridgehead atoms. The molecule has 2 N–H and O–H groups in total. The number of rotatable bonds is 6. The monoisotopic (exact) mass is 295 g/mol. The number of hydrogen-bond acceptors (Lipinski definition) is 5. The van der Waals surface area contributed by atoms with Gasteiger partial charge in [0.05, 0.1) is 19.4 Å². The lowest BCUT2D eigenvalue weighted by Gasteiger charge is -2.33. The molecule has 1 saturated heterocycles. The van der Waals surface area contributed by atoms with E-state index in [0.717, 1.165) is 31.9 Å². The summed E-state index contributed by atoms with van der Waals surface area (Å²) in [4.78, 5) is 14.6. The number of amides is 1. The largest absolute Gasteiger partial charge is 0.379 e. The van der Waals surface area contributed by atoms with Crippen LogP contribution in [0.15, 0.2) is 12.4 Å². The Morgan fingerprint density at radius 3 is 3.05 bits per heavy atom. The van der Waals surface area contributed by atoms with E-state index < -0.39 is 0 Å². The minimum absolute atomic E-state index is 0.0218. The standard InChI is InChI=1S/C14H25N5O2/c1-11-10-21-7-6-19(11)5-4-16-14(20)13(15-2)12-8-17-18(3)9-12/h8-9,11,13,15H,4-7,10H2,1-3H3,(H,16,20). The summed E-state index contributed by atoms with van der Waals surface area (Å²) < 4.78 is 7.10. The van der Waals surface area contributed by atoms with Gasteiger partial charge in [-0.15, -0.1) is 0 Å². The van der Waals surface area contributed by atoms with Crippen LogP contribution in [0.1, 0.15) is 18.5 Å². The van der Waals surface area contributed by atoms with Crippen LogP contribution < -0.4 is 10.6 Å². The first kappa shape index (κ1) is 15.9. The minimum atomic E-state index is -0.360. The zero-order chi connectivity index (χ0) is 15.2. The van der Waals surface area contributed by atoms with E-state index in [4.69, 9.17) is 4.74 Å². The van der Waals surface area contributed by atoms with Gasteiger partial charge >= 0.3 is 0 Å². The Kier molecular flexibility index (Phi) is 5.72. The Bertz CT molecular complexity index is 462. The molecule has 0 aromatic carbocycles. The first-order valence-electron chi connectivity index (χ1n) is 7.37. The summed E-state index contributed by atoms with van der Waals surface area (Å²) >= 11 is 0. The molecule has 2 rings (SSSR count). The molecule has 1 aliphatic rings. The number of ether oxygens (including phenoxy) is 1. The van der Waals surface area contributed by atoms with Crippen LogP contribution in [0.3, 0.4) is 0 Å². The van der Waals surface area contributed by atoms with E-state index in [0.29, 0.717) is 12.6 Å². The predicted molar refractivity (Wildman–Crippen MR) is 79.9 cm³/mol. The third kappa shape index (κ3) is 4.26. The molecule has 1 aromatic heterocycles. The van der Waals surface area contributed by atoms with Crippen LogP contribution in [-0.4, -0.2) is 66.5 Å². The van der Waals surface area contributed by atoms with E-state index in [1.54, 1.807) is 17.9 Å². The second kappa shape index (κ2) is 7.53. The van der Waals surface area contributed by atoms with Crippen LogP contribution in [0.5, 0.6) is 0 Å². The second-order valence-electron chi connectivity index (χ2n) is 5.42. The maximum absolute atomic E-state index is 12.3. The third-order valence-electron chi connectivity index (χ3n) is 3.81. The van der Waals surface area contributed by atoms with Crippen LogP contribution in [0.25, 0.3) is 0 Å². The summed E-state index contributed by atoms with van der Waals surface area (Å²) in [7, 11) is 3.62. The van der Waals surface area contributed by atoms with Gasteiger partial charge in [0.25, 0.3) is 0 Å². The third-order valence-corrected chi connectivity index (χ3v) is 3.81. The zero-order valence-electron chi connectivity index (χ0n) is 13.0. The number of morpholine rings is 1. The number of carbonyl (C=O) groups is 1. The van der Waals surface area contributed by atoms with Crippen molar-refractivity contribution in [2.45, 2.75) is 19.0 Å². The van der Waals surface area contributed by atoms with Gasteiger partial charge in [-0.05, 0) is 14.0 Å². The molecule has 118 valence electrons. The Labute approximate surface area is 125 Å². The van der Waals surface area contributed by atoms with Crippen molar-refractivity contribution in [1.82, 2.24) is 25.3 Å². The van der Waals surface area contributed by atoms with Crippen LogP contribution >= 0.6 is 0 Å². The smallest absolute Gasteiger partial charge is 0.241 e. The molecule has 7 nitrogen and oxygen atoms in total. The molecule has 2 atom stereocenters. The highest BCUT2D eigenvalue weighted by atomic mass is 16.5. The number of aryl methyl sites for hydroxylation is 1. The van der Waals surface area contributed by atoms with Crippen LogP contribution in [0, 0.1) is 0 Å². The van der Waals surface area contributed by atoms with Crippen molar-refractivity contribution in [3.8, 4) is 0 Å². The molecule has 0 radical (unpaired) electrons. The Balaban J connectivity index is 1.80. The van der Waals surface area contributed by atoms with E-state index in [-0.39, 0.29) is 11.9 Å². The normalized spacial score (nSPS) is 21.2. The minimum Gasteiger partial charge on any atom is -0.379 e. The lowest BCUT2D eigenvalue weighted by Crippen LogP contribution is -2.47. The van der Waals surface area contributed by atoms with E-state index in [2.05, 4.69) is 27.6 Å². The first-order valence-corrected chi connectivity index (χ1v) is 7.37. The maximum atomic E-state index is 12.3. The average Bonchev–Trinajstić information content (AvgIpc) is 2.88. The van der Waals surface area contributed by atoms with Crippen LogP contribution in [-0.2, 0) is 16.6 Å². The highest BCUT2D eigenvalue weighted by Gasteiger charge is 2.21. The van der Waals surface area contributed by atoms with E-state index in [9.17, 15) is 4.79 Å². The zero-order valence-corrected chi connectivity index (χ0v) is 13.0. The molecule has 7 heteroatoms. The Hall–Kier alpha value is -1.44. The Morgan fingerprint density at radius 2 is 2.43 bits per heavy atom. The van der Waals surface area contributed by atoms with Crippen molar-refractivity contribution >= 4 is 5.91 Å². The van der Waals surface area contributed by atoms with E-state index in [1.807, 2.05) is 13.2 Å². The number of aromatic nitrogens is 2. The SMILES string of the molecule is CNC(C(=O)NCCN1CCOCC1C)c1cnn(C)c1. The van der Waals surface area contributed by atoms with Gasteiger partial charge in [-0.25, -0.2) is 0 Å². The van der Waals surface area contributed by atoms with Gasteiger partial charge in [0.2, 0.25) is 5.91 Å². The van der Waals surface area contributed by atoms with E-state index in [1.165, 1.54) is 0 Å². The number of nitrogens with zero attached hydrogens (tertiary/aromatic N) is 3. The summed E-state index contributed by atoms with van der Waals surface area (Å²) in [6.45, 7) is 6.10. The number of hydrogen-bond donors (Lipinski definition) is 2. The Morgan fingerprint density at radius 1 is 1.62 bits per heavy atom. The van der Waals surface area contributed by atoms with Crippen LogP contribution in [0.4, 0.5) is 0 Å². The highest BCUT2D eigenvalue weighted by molar-refractivity contribution is 5.82. The van der Waals surface area contributed by atoms with Gasteiger partial charge < -0.3 is 15.4 Å². The second-order valence-corrected chi connectivity index (χ2v) is 5.42. The molecule has 0 spiro atoms. The molecule has 1 amide bonds. The van der Waals surface area contributed by atoms with Crippen molar-refractivity contribution in [2.75, 3.05) is 39.9 Å². The van der Waals surface area contributed by atoms with Gasteiger partial charge in [0, 0.05) is 44.5 Å². The molecule has 1 aromatic rings. The van der Waals surface area contributed by atoms with Crippen LogP contribution in [0.2, 0.25) is 0 Å². The fourth-order valence-corrected chi connectivity index (χ4v) is 2.56. The first-order chi connectivity index (χ1) is 10.1. The van der Waals surface area contributed by atoms with Gasteiger partial charge in [-0.1, -0.05) is 0 Å². The molecule has 2 heterocycles. The topological polar surface area (TPSA) is 71.4 Å². The van der Waals surface area contributed by atoms with Gasteiger partial charge in [-0.2, -0.15) is 5.10 Å². The quantitative estimate of drug-likeness (QED) is 0.741. The average molecular weight is 295 g/mol. The summed E-state index contributed by atoms with van der Waals surface area (Å²) in [6, 6.07) is 0.0508. The van der Waals surface area contributed by atoms with Gasteiger partial charge in [0.15, 0.2) is 0 Å². The maximum Gasteiger partial charge on any atom is 0.241 e. The molecular formula is C14H25N5O2. The number of carbonyl (C=O) groups excluding carboxylic acids is 1. The van der Waals surface area contributed by atoms with Crippen molar-refractivity contribution in [2.24, 2.45) is 7.05 Å². The van der Waals surface area contributed by atoms with Crippen molar-refractivity contribution in [3.05, 3.63) is 18.0 Å². The molecule has 1 fully saturated rings. The molecular weight excluding hydrogens is 270 g/mol. The molecule has 1 aliphatic heterocycles. The lowest BCUT2D eigenvalue weighted by atomic mass is 10.1. The molecule has 2 unspecified atom stereocenters. The molecule has 0 aliphatic carbocycles. The number of nitrogens with one attached hydrogen (secondary N) is 2. The molecule has 0 saturated carbocycles. The highest BCUT2D eigenvalue weighted by Crippen LogP contribution is 2.11. The van der Waals surface area contributed by atoms with Crippen molar-refractivity contribution in [1.29, 1.82) is 0 Å². The summed E-state index contributed by atoms with van der Waals surface area (Å²) in [5, 5.41) is 10.1. The van der Waals surface area contributed by atoms with Crippen molar-refractivity contribution in [3.63, 3.8) is 0 Å². The molecule has 21 heavy (non-hydrogen) atoms. The van der Waals surface area contributed by atoms with E-state index >= 15 is 0 Å². The summed E-state index contributed by atoms with van der Waals surface area (Å²) in [5.74, 6) is -0.0218. The van der Waals surface area contributed by atoms with Gasteiger partial charge in [-0.3, -0.25) is 14.4 Å².